The first-order valence-corrected chi connectivity index (χ1v) is 6.71. The molecule has 0 bridgehead atoms. The lowest BCUT2D eigenvalue weighted by Crippen LogP contribution is -2.26. The number of benzene rings is 2. The van der Waals surface area contributed by atoms with Gasteiger partial charge in [0.1, 0.15) is 0 Å². The first-order chi connectivity index (χ1) is 9.45. The summed E-state index contributed by atoms with van der Waals surface area (Å²) in [6, 6.07) is 10.2. The number of rotatable bonds is 4. The molecule has 3 heteroatoms. The lowest BCUT2D eigenvalue weighted by molar-refractivity contribution is 0.492. The van der Waals surface area contributed by atoms with E-state index in [1.807, 2.05) is 13.8 Å². The zero-order chi connectivity index (χ0) is 14.7. The zero-order valence-corrected chi connectivity index (χ0v) is 11.8. The minimum Gasteiger partial charge on any atom is -0.327 e. The molecule has 0 spiro atoms. The van der Waals surface area contributed by atoms with E-state index >= 15 is 0 Å². The predicted octanol–water partition coefficient (Wildman–Crippen LogP) is 3.69. The van der Waals surface area contributed by atoms with Gasteiger partial charge in [-0.05, 0) is 43.9 Å². The van der Waals surface area contributed by atoms with Gasteiger partial charge in [0, 0.05) is 6.04 Å². The summed E-state index contributed by atoms with van der Waals surface area (Å²) >= 11 is 0. The molecule has 1 nitrogen and oxygen atoms in total. The van der Waals surface area contributed by atoms with Crippen LogP contribution >= 0.6 is 0 Å². The van der Waals surface area contributed by atoms with Gasteiger partial charge in [0.15, 0.2) is 11.6 Å². The molecule has 0 aromatic heterocycles. The van der Waals surface area contributed by atoms with Crippen LogP contribution in [0.1, 0.15) is 22.3 Å². The van der Waals surface area contributed by atoms with E-state index in [0.29, 0.717) is 18.4 Å². The maximum atomic E-state index is 13.6. The molecule has 0 aliphatic rings. The van der Waals surface area contributed by atoms with E-state index in [-0.39, 0.29) is 6.04 Å². The minimum absolute atomic E-state index is 0.229. The van der Waals surface area contributed by atoms with Crippen LogP contribution in [0.4, 0.5) is 8.78 Å². The van der Waals surface area contributed by atoms with Gasteiger partial charge in [-0.15, -0.1) is 0 Å². The maximum Gasteiger partial charge on any atom is 0.162 e. The fourth-order valence-electron chi connectivity index (χ4n) is 2.55. The van der Waals surface area contributed by atoms with E-state index in [0.717, 1.165) is 11.6 Å². The van der Waals surface area contributed by atoms with Gasteiger partial charge in [-0.25, -0.2) is 8.78 Å². The highest BCUT2D eigenvalue weighted by molar-refractivity contribution is 5.29. The lowest BCUT2D eigenvalue weighted by Gasteiger charge is -2.13. The van der Waals surface area contributed by atoms with Gasteiger partial charge in [0.2, 0.25) is 0 Å². The molecule has 20 heavy (non-hydrogen) atoms. The van der Waals surface area contributed by atoms with Crippen molar-refractivity contribution in [3.05, 3.63) is 70.3 Å². The Bertz CT molecular complexity index is 588. The molecule has 106 valence electrons. The van der Waals surface area contributed by atoms with Crippen molar-refractivity contribution in [3.8, 4) is 0 Å². The Morgan fingerprint density at radius 3 is 2.30 bits per heavy atom. The standard InChI is InChI=1S/C17H19F2N/c1-11-6-12(2)8-13(7-11)9-15(20)10-14-4-3-5-16(18)17(14)19/h3-8,15H,9-10,20H2,1-2H3. The van der Waals surface area contributed by atoms with Gasteiger partial charge in [-0.3, -0.25) is 0 Å². The van der Waals surface area contributed by atoms with Gasteiger partial charge in [-0.2, -0.15) is 0 Å². The summed E-state index contributed by atoms with van der Waals surface area (Å²) in [6.07, 6.45) is 0.981. The molecule has 0 aliphatic carbocycles. The lowest BCUT2D eigenvalue weighted by atomic mass is 9.97. The van der Waals surface area contributed by atoms with Gasteiger partial charge in [-0.1, -0.05) is 41.5 Å². The molecule has 0 amide bonds. The molecule has 2 rings (SSSR count). The average Bonchev–Trinajstić information content (AvgIpc) is 2.33. The van der Waals surface area contributed by atoms with Crippen LogP contribution in [0.5, 0.6) is 0 Å². The molecule has 0 heterocycles. The molecule has 2 N–H and O–H groups in total. The van der Waals surface area contributed by atoms with Crippen LogP contribution < -0.4 is 5.73 Å². The van der Waals surface area contributed by atoms with Crippen LogP contribution in [-0.2, 0) is 12.8 Å². The second-order valence-electron chi connectivity index (χ2n) is 5.38. The topological polar surface area (TPSA) is 26.0 Å². The highest BCUT2D eigenvalue weighted by Gasteiger charge is 2.12. The van der Waals surface area contributed by atoms with Crippen molar-refractivity contribution < 1.29 is 8.78 Å². The van der Waals surface area contributed by atoms with Crippen LogP contribution in [0, 0.1) is 25.5 Å². The molecule has 1 atom stereocenters. The summed E-state index contributed by atoms with van der Waals surface area (Å²) in [5.74, 6) is -1.61. The Balaban J connectivity index is 2.09. The second kappa shape index (κ2) is 6.14. The summed E-state index contributed by atoms with van der Waals surface area (Å²) < 4.78 is 26.7. The Morgan fingerprint density at radius 1 is 1.00 bits per heavy atom. The van der Waals surface area contributed by atoms with Gasteiger partial charge >= 0.3 is 0 Å². The van der Waals surface area contributed by atoms with E-state index in [1.165, 1.54) is 17.2 Å². The largest absolute Gasteiger partial charge is 0.327 e. The summed E-state index contributed by atoms with van der Waals surface area (Å²) in [6.45, 7) is 4.07. The molecule has 0 saturated carbocycles. The molecule has 1 unspecified atom stereocenters. The third kappa shape index (κ3) is 3.64. The zero-order valence-electron chi connectivity index (χ0n) is 11.8. The van der Waals surface area contributed by atoms with Crippen molar-refractivity contribution in [2.75, 3.05) is 0 Å². The average molecular weight is 275 g/mol. The maximum absolute atomic E-state index is 13.6. The number of aryl methyl sites for hydroxylation is 2. The number of hydrogen-bond donors (Lipinski definition) is 1. The Hall–Kier alpha value is -1.74. The predicted molar refractivity (Wildman–Crippen MR) is 77.7 cm³/mol. The SMILES string of the molecule is Cc1cc(C)cc(CC(N)Cc2cccc(F)c2F)c1. The van der Waals surface area contributed by atoms with Gasteiger partial charge < -0.3 is 5.73 Å². The van der Waals surface area contributed by atoms with Crippen molar-refractivity contribution in [1.82, 2.24) is 0 Å². The molecule has 0 fully saturated rings. The van der Waals surface area contributed by atoms with E-state index in [9.17, 15) is 8.78 Å². The summed E-state index contributed by atoms with van der Waals surface area (Å²) in [5.41, 5.74) is 9.90. The first kappa shape index (κ1) is 14.7. The Labute approximate surface area is 118 Å². The molecule has 2 aromatic rings. The quantitative estimate of drug-likeness (QED) is 0.904. The van der Waals surface area contributed by atoms with Crippen LogP contribution in [0.2, 0.25) is 0 Å². The van der Waals surface area contributed by atoms with E-state index in [1.54, 1.807) is 6.07 Å². The van der Waals surface area contributed by atoms with Gasteiger partial charge in [0.05, 0.1) is 0 Å². The van der Waals surface area contributed by atoms with Crippen molar-refractivity contribution in [1.29, 1.82) is 0 Å². The molecule has 0 saturated heterocycles. The van der Waals surface area contributed by atoms with Crippen LogP contribution in [0.25, 0.3) is 0 Å². The summed E-state index contributed by atoms with van der Waals surface area (Å²) in [7, 11) is 0. The monoisotopic (exact) mass is 275 g/mol. The van der Waals surface area contributed by atoms with Crippen LogP contribution in [-0.4, -0.2) is 6.04 Å². The Kier molecular flexibility index (Phi) is 4.50. The second-order valence-corrected chi connectivity index (χ2v) is 5.38. The third-order valence-electron chi connectivity index (χ3n) is 3.29. The third-order valence-corrected chi connectivity index (χ3v) is 3.29. The van der Waals surface area contributed by atoms with Crippen LogP contribution in [0.15, 0.2) is 36.4 Å². The van der Waals surface area contributed by atoms with E-state index in [4.69, 9.17) is 5.73 Å². The van der Waals surface area contributed by atoms with Crippen LogP contribution in [0.3, 0.4) is 0 Å². The number of hydrogen-bond acceptors (Lipinski definition) is 1. The smallest absolute Gasteiger partial charge is 0.162 e. The van der Waals surface area contributed by atoms with E-state index in [2.05, 4.69) is 18.2 Å². The van der Waals surface area contributed by atoms with E-state index < -0.39 is 11.6 Å². The highest BCUT2D eigenvalue weighted by atomic mass is 19.2. The van der Waals surface area contributed by atoms with Crippen molar-refractivity contribution in [2.45, 2.75) is 32.7 Å². The fraction of sp³-hybridized carbons (Fsp3) is 0.294. The summed E-state index contributed by atoms with van der Waals surface area (Å²) in [4.78, 5) is 0. The number of halogens is 2. The number of nitrogens with two attached hydrogens (primary N) is 1. The molecule has 2 aromatic carbocycles. The molecule has 0 aliphatic heterocycles. The molecular weight excluding hydrogens is 256 g/mol. The Morgan fingerprint density at radius 2 is 1.65 bits per heavy atom. The minimum atomic E-state index is -0.818. The van der Waals surface area contributed by atoms with Crippen molar-refractivity contribution >= 4 is 0 Å². The highest BCUT2D eigenvalue weighted by Crippen LogP contribution is 2.16. The summed E-state index contributed by atoms with van der Waals surface area (Å²) in [5, 5.41) is 0. The van der Waals surface area contributed by atoms with Gasteiger partial charge in [0.25, 0.3) is 0 Å². The molecular formula is C17H19F2N. The first-order valence-electron chi connectivity index (χ1n) is 6.71. The molecule has 0 radical (unpaired) electrons. The fourth-order valence-corrected chi connectivity index (χ4v) is 2.55. The van der Waals surface area contributed by atoms with Crippen molar-refractivity contribution in [2.24, 2.45) is 5.73 Å². The normalized spacial score (nSPS) is 12.4. The van der Waals surface area contributed by atoms with Crippen molar-refractivity contribution in [3.63, 3.8) is 0 Å².